The lowest BCUT2D eigenvalue weighted by Crippen LogP contribution is -2.18. The SMILES string of the molecule is Cc1n[nH]c(=S)n1[C@@H]1CCC[C@@H](C)C1. The Morgan fingerprint density at radius 2 is 2.29 bits per heavy atom. The van der Waals surface area contributed by atoms with Crippen molar-refractivity contribution in [3.05, 3.63) is 10.6 Å². The third kappa shape index (κ3) is 1.75. The van der Waals surface area contributed by atoms with Crippen molar-refractivity contribution in [2.24, 2.45) is 5.92 Å². The molecular weight excluding hydrogens is 194 g/mol. The Labute approximate surface area is 89.5 Å². The predicted molar refractivity (Wildman–Crippen MR) is 58.8 cm³/mol. The molecule has 78 valence electrons. The zero-order chi connectivity index (χ0) is 10.1. The van der Waals surface area contributed by atoms with Gasteiger partial charge in [-0.3, -0.25) is 5.10 Å². The third-order valence-electron chi connectivity index (χ3n) is 3.15. The van der Waals surface area contributed by atoms with Crippen molar-refractivity contribution < 1.29 is 0 Å². The monoisotopic (exact) mass is 211 g/mol. The highest BCUT2D eigenvalue weighted by molar-refractivity contribution is 7.71. The average Bonchev–Trinajstić information content (AvgIpc) is 2.46. The molecule has 0 radical (unpaired) electrons. The van der Waals surface area contributed by atoms with Crippen molar-refractivity contribution in [2.45, 2.75) is 45.6 Å². The van der Waals surface area contributed by atoms with Crippen LogP contribution in [0.1, 0.15) is 44.5 Å². The Bertz CT molecular complexity index is 366. The Morgan fingerprint density at radius 3 is 2.86 bits per heavy atom. The van der Waals surface area contributed by atoms with Crippen molar-refractivity contribution >= 4 is 12.2 Å². The largest absolute Gasteiger partial charge is 0.301 e. The van der Waals surface area contributed by atoms with E-state index in [-0.39, 0.29) is 0 Å². The second kappa shape index (κ2) is 3.85. The van der Waals surface area contributed by atoms with Gasteiger partial charge in [0.2, 0.25) is 0 Å². The molecule has 1 aliphatic rings. The van der Waals surface area contributed by atoms with Crippen molar-refractivity contribution in [3.8, 4) is 0 Å². The van der Waals surface area contributed by atoms with Gasteiger partial charge in [-0.15, -0.1) is 0 Å². The lowest BCUT2D eigenvalue weighted by molar-refractivity contribution is 0.277. The molecule has 1 aromatic heterocycles. The van der Waals surface area contributed by atoms with Crippen molar-refractivity contribution in [2.75, 3.05) is 0 Å². The second-order valence-electron chi connectivity index (χ2n) is 4.37. The number of aromatic nitrogens is 3. The molecule has 4 heteroatoms. The molecule has 0 spiro atoms. The quantitative estimate of drug-likeness (QED) is 0.724. The van der Waals surface area contributed by atoms with Crippen molar-refractivity contribution in [1.82, 2.24) is 14.8 Å². The van der Waals surface area contributed by atoms with E-state index in [0.717, 1.165) is 16.5 Å². The Balaban J connectivity index is 2.26. The first-order chi connectivity index (χ1) is 6.68. The molecule has 1 N–H and O–H groups in total. The van der Waals surface area contributed by atoms with Gasteiger partial charge < -0.3 is 4.57 Å². The normalized spacial score (nSPS) is 27.9. The van der Waals surface area contributed by atoms with E-state index < -0.39 is 0 Å². The van der Waals surface area contributed by atoms with Gasteiger partial charge in [-0.25, -0.2) is 0 Å². The zero-order valence-corrected chi connectivity index (χ0v) is 9.60. The number of H-pyrrole nitrogens is 1. The van der Waals surface area contributed by atoms with Crippen LogP contribution in [-0.2, 0) is 0 Å². The summed E-state index contributed by atoms with van der Waals surface area (Å²) in [6, 6.07) is 0.574. The lowest BCUT2D eigenvalue weighted by atomic mass is 9.87. The van der Waals surface area contributed by atoms with E-state index in [1.165, 1.54) is 25.7 Å². The lowest BCUT2D eigenvalue weighted by Gasteiger charge is -2.28. The predicted octanol–water partition coefficient (Wildman–Crippen LogP) is 3.00. The van der Waals surface area contributed by atoms with Crippen LogP contribution in [0.5, 0.6) is 0 Å². The zero-order valence-electron chi connectivity index (χ0n) is 8.79. The molecule has 14 heavy (non-hydrogen) atoms. The van der Waals surface area contributed by atoms with Gasteiger partial charge >= 0.3 is 0 Å². The Hall–Kier alpha value is -0.640. The number of aryl methyl sites for hydroxylation is 1. The number of nitrogens with zero attached hydrogens (tertiary/aromatic N) is 2. The maximum atomic E-state index is 5.24. The summed E-state index contributed by atoms with van der Waals surface area (Å²) in [4.78, 5) is 0. The molecule has 1 saturated carbocycles. The molecule has 2 atom stereocenters. The van der Waals surface area contributed by atoms with E-state index in [0.29, 0.717) is 6.04 Å². The highest BCUT2D eigenvalue weighted by Gasteiger charge is 2.22. The van der Waals surface area contributed by atoms with Crippen LogP contribution in [0, 0.1) is 17.6 Å². The Kier molecular flexibility index (Phi) is 2.72. The number of rotatable bonds is 1. The van der Waals surface area contributed by atoms with E-state index >= 15 is 0 Å². The summed E-state index contributed by atoms with van der Waals surface area (Å²) in [5.74, 6) is 1.85. The van der Waals surface area contributed by atoms with Crippen molar-refractivity contribution in [1.29, 1.82) is 0 Å². The minimum atomic E-state index is 0.574. The summed E-state index contributed by atoms with van der Waals surface area (Å²) in [5, 5.41) is 7.03. The molecule has 1 heterocycles. The third-order valence-corrected chi connectivity index (χ3v) is 3.44. The van der Waals surface area contributed by atoms with E-state index in [2.05, 4.69) is 21.7 Å². The summed E-state index contributed by atoms with van der Waals surface area (Å²) in [7, 11) is 0. The fourth-order valence-corrected chi connectivity index (χ4v) is 2.78. The molecule has 1 fully saturated rings. The molecule has 3 nitrogen and oxygen atoms in total. The van der Waals surface area contributed by atoms with E-state index in [1.807, 2.05) is 6.92 Å². The highest BCUT2D eigenvalue weighted by atomic mass is 32.1. The van der Waals surface area contributed by atoms with Gasteiger partial charge in [0.25, 0.3) is 0 Å². The molecule has 1 aromatic rings. The molecule has 0 saturated heterocycles. The van der Waals surface area contributed by atoms with Crippen LogP contribution in [0.25, 0.3) is 0 Å². The summed E-state index contributed by atoms with van der Waals surface area (Å²) in [6.07, 6.45) is 5.17. The van der Waals surface area contributed by atoms with Crippen molar-refractivity contribution in [3.63, 3.8) is 0 Å². The highest BCUT2D eigenvalue weighted by Crippen LogP contribution is 2.32. The topological polar surface area (TPSA) is 33.6 Å². The maximum absolute atomic E-state index is 5.24. The number of hydrogen-bond acceptors (Lipinski definition) is 2. The van der Waals surface area contributed by atoms with Gasteiger partial charge in [0.1, 0.15) is 5.82 Å². The summed E-state index contributed by atoms with van der Waals surface area (Å²) >= 11 is 5.24. The van der Waals surface area contributed by atoms with E-state index in [4.69, 9.17) is 12.2 Å². The average molecular weight is 211 g/mol. The summed E-state index contributed by atoms with van der Waals surface area (Å²) in [5.41, 5.74) is 0. The second-order valence-corrected chi connectivity index (χ2v) is 4.76. The van der Waals surface area contributed by atoms with Gasteiger partial charge in [-0.2, -0.15) is 5.10 Å². The molecule has 0 bridgehead atoms. The van der Waals surface area contributed by atoms with Crippen LogP contribution in [-0.4, -0.2) is 14.8 Å². The fourth-order valence-electron chi connectivity index (χ4n) is 2.45. The number of aromatic amines is 1. The van der Waals surface area contributed by atoms with E-state index in [9.17, 15) is 0 Å². The molecule has 0 aromatic carbocycles. The first-order valence-electron chi connectivity index (χ1n) is 5.32. The first kappa shape index (κ1) is 9.90. The van der Waals surface area contributed by atoms with E-state index in [1.54, 1.807) is 0 Å². The number of hydrogen-bond donors (Lipinski definition) is 1. The van der Waals surface area contributed by atoms with Gasteiger partial charge in [0, 0.05) is 6.04 Å². The van der Waals surface area contributed by atoms with Gasteiger partial charge in [-0.05, 0) is 37.9 Å². The van der Waals surface area contributed by atoms with Crippen LogP contribution < -0.4 is 0 Å². The molecule has 0 aliphatic heterocycles. The molecule has 0 amide bonds. The minimum absolute atomic E-state index is 0.574. The fraction of sp³-hybridized carbons (Fsp3) is 0.800. The summed E-state index contributed by atoms with van der Waals surface area (Å²) in [6.45, 7) is 4.34. The van der Waals surface area contributed by atoms with Gasteiger partial charge in [0.15, 0.2) is 4.77 Å². The van der Waals surface area contributed by atoms with Crippen LogP contribution in [0.15, 0.2) is 0 Å². The smallest absolute Gasteiger partial charge is 0.195 e. The molecule has 2 rings (SSSR count). The van der Waals surface area contributed by atoms with Crippen LogP contribution in [0.4, 0.5) is 0 Å². The maximum Gasteiger partial charge on any atom is 0.195 e. The van der Waals surface area contributed by atoms with Crippen LogP contribution in [0.3, 0.4) is 0 Å². The minimum Gasteiger partial charge on any atom is -0.301 e. The van der Waals surface area contributed by atoms with Crippen LogP contribution >= 0.6 is 12.2 Å². The number of nitrogens with one attached hydrogen (secondary N) is 1. The van der Waals surface area contributed by atoms with Crippen LogP contribution in [0.2, 0.25) is 0 Å². The molecule has 0 unspecified atom stereocenters. The summed E-state index contributed by atoms with van der Waals surface area (Å²) < 4.78 is 2.96. The molecule has 1 aliphatic carbocycles. The Morgan fingerprint density at radius 1 is 1.50 bits per heavy atom. The van der Waals surface area contributed by atoms with Gasteiger partial charge in [0.05, 0.1) is 0 Å². The first-order valence-corrected chi connectivity index (χ1v) is 5.73. The molecular formula is C10H17N3S. The standard InChI is InChI=1S/C10H17N3S/c1-7-4-3-5-9(6-7)13-8(2)11-12-10(13)14/h7,9H,3-6H2,1-2H3,(H,12,14)/t7-,9-/m1/s1. The van der Waals surface area contributed by atoms with Gasteiger partial charge in [-0.1, -0.05) is 19.8 Å².